The first-order valence-electron chi connectivity index (χ1n) is 14.1. The van der Waals surface area contributed by atoms with E-state index in [1.54, 1.807) is 6.92 Å². The van der Waals surface area contributed by atoms with Gasteiger partial charge in [-0.25, -0.2) is 9.48 Å². The first-order chi connectivity index (χ1) is 20.7. The van der Waals surface area contributed by atoms with E-state index in [1.807, 2.05) is 60.8 Å². The molecule has 6 rings (SSSR count). The molecular weight excluding hydrogens is 518 g/mol. The summed E-state index contributed by atoms with van der Waals surface area (Å²) >= 11 is 0. The fraction of sp³-hybridized carbons (Fsp3) is 0.0811. The molecule has 0 spiro atoms. The molecule has 0 fully saturated rings. The van der Waals surface area contributed by atoms with E-state index in [2.05, 4.69) is 94.9 Å². The van der Waals surface area contributed by atoms with E-state index in [0.29, 0.717) is 12.3 Å². The van der Waals surface area contributed by atoms with E-state index in [-0.39, 0.29) is 0 Å². The van der Waals surface area contributed by atoms with Crippen LogP contribution in [0.4, 0.5) is 5.69 Å². The minimum Gasteiger partial charge on any atom is -0.463 e. The molecule has 5 nitrogen and oxygen atoms in total. The third kappa shape index (κ3) is 5.08. The Hall–Kier alpha value is -5.42. The number of carbonyl (C=O) groups is 1. The highest BCUT2D eigenvalue weighted by molar-refractivity contribution is 5.95. The number of fused-ring (bicyclic) bond motifs is 1. The lowest BCUT2D eigenvalue weighted by atomic mass is 9.77. The van der Waals surface area contributed by atoms with E-state index in [1.165, 1.54) is 6.08 Å². The van der Waals surface area contributed by atoms with Crippen LogP contribution in [0.1, 0.15) is 29.2 Å². The monoisotopic (exact) mass is 549 g/mol. The molecule has 5 heteroatoms. The maximum Gasteiger partial charge on any atom is 0.332 e. The van der Waals surface area contributed by atoms with Gasteiger partial charge in [0.1, 0.15) is 5.54 Å². The average Bonchev–Trinajstić information content (AvgIpc) is 3.47. The van der Waals surface area contributed by atoms with Gasteiger partial charge in [-0.1, -0.05) is 121 Å². The number of aromatic nitrogens is 2. The number of carbonyl (C=O) groups excluding carboxylic acids is 1. The predicted molar refractivity (Wildman–Crippen MR) is 169 cm³/mol. The summed E-state index contributed by atoms with van der Waals surface area (Å²) in [5.41, 5.74) is 5.85. The van der Waals surface area contributed by atoms with Gasteiger partial charge < -0.3 is 10.1 Å². The highest BCUT2D eigenvalue weighted by Crippen LogP contribution is 2.42. The molecule has 0 unspecified atom stereocenters. The summed E-state index contributed by atoms with van der Waals surface area (Å²) in [5, 5.41) is 9.54. The lowest BCUT2D eigenvalue weighted by Gasteiger charge is -2.37. The van der Waals surface area contributed by atoms with Gasteiger partial charge in [0, 0.05) is 17.1 Å². The third-order valence-electron chi connectivity index (χ3n) is 7.38. The molecule has 6 aromatic rings. The molecule has 42 heavy (non-hydrogen) atoms. The summed E-state index contributed by atoms with van der Waals surface area (Å²) in [6, 6.07) is 47.4. The molecule has 5 aromatic carbocycles. The van der Waals surface area contributed by atoms with Crippen molar-refractivity contribution < 1.29 is 9.53 Å². The van der Waals surface area contributed by atoms with Crippen LogP contribution in [0, 0.1) is 0 Å². The Bertz CT molecular complexity index is 1720. The number of benzene rings is 5. The summed E-state index contributed by atoms with van der Waals surface area (Å²) in [6.07, 6.45) is 3.41. The average molecular weight is 550 g/mol. The van der Waals surface area contributed by atoms with Crippen molar-refractivity contribution in [2.24, 2.45) is 0 Å². The summed E-state index contributed by atoms with van der Waals surface area (Å²) in [4.78, 5) is 12.5. The standard InChI is InChI=1S/C37H31N3O2/c1-2-42-36(41)26-34(28-15-7-3-8-16-28)39-33-24-23-29-27-38-40(35(29)25-33)37(30-17-9-4-10-18-30,31-19-11-5-12-20-31)32-21-13-6-14-22-32/h3-27,39H,2H2,1H3. The number of rotatable bonds is 9. The van der Waals surface area contributed by atoms with E-state index >= 15 is 0 Å². The molecule has 0 bridgehead atoms. The van der Waals surface area contributed by atoms with Gasteiger partial charge in [0.05, 0.1) is 24.0 Å². The SMILES string of the molecule is CCOC(=O)C=C(Nc1ccc2cnn(C(c3ccccc3)(c3ccccc3)c3ccccc3)c2c1)c1ccccc1. The van der Waals surface area contributed by atoms with Crippen molar-refractivity contribution in [2.75, 3.05) is 11.9 Å². The van der Waals surface area contributed by atoms with Crippen LogP contribution in [0.15, 0.2) is 152 Å². The van der Waals surface area contributed by atoms with E-state index in [9.17, 15) is 4.79 Å². The van der Waals surface area contributed by atoms with Crippen LogP contribution >= 0.6 is 0 Å². The Morgan fingerprint density at radius 3 is 1.81 bits per heavy atom. The minimum absolute atomic E-state index is 0.309. The maximum atomic E-state index is 12.5. The van der Waals surface area contributed by atoms with E-state index in [0.717, 1.165) is 38.8 Å². The van der Waals surface area contributed by atoms with Gasteiger partial charge >= 0.3 is 5.97 Å². The number of nitrogens with one attached hydrogen (secondary N) is 1. The van der Waals surface area contributed by atoms with Crippen LogP contribution in [0.25, 0.3) is 16.6 Å². The third-order valence-corrected chi connectivity index (χ3v) is 7.38. The molecular formula is C37H31N3O2. The number of ether oxygens (including phenoxy) is 1. The van der Waals surface area contributed by atoms with Crippen molar-refractivity contribution in [3.63, 3.8) is 0 Å². The first kappa shape index (κ1) is 26.8. The summed E-state index contributed by atoms with van der Waals surface area (Å²) in [6.45, 7) is 2.11. The van der Waals surface area contributed by atoms with Crippen LogP contribution in [-0.2, 0) is 15.1 Å². The van der Waals surface area contributed by atoms with E-state index < -0.39 is 11.5 Å². The molecule has 0 saturated carbocycles. The Balaban J connectivity index is 1.56. The van der Waals surface area contributed by atoms with E-state index in [4.69, 9.17) is 9.84 Å². The summed E-state index contributed by atoms with van der Waals surface area (Å²) < 4.78 is 7.35. The summed E-state index contributed by atoms with van der Waals surface area (Å²) in [5.74, 6) is -0.397. The van der Waals surface area contributed by atoms with Crippen molar-refractivity contribution in [2.45, 2.75) is 12.5 Å². The predicted octanol–water partition coefficient (Wildman–Crippen LogP) is 7.89. The number of anilines is 1. The Labute approximate surface area is 245 Å². The first-order valence-corrected chi connectivity index (χ1v) is 14.1. The van der Waals surface area contributed by atoms with Crippen molar-refractivity contribution in [3.8, 4) is 0 Å². The molecule has 1 aromatic heterocycles. The van der Waals surface area contributed by atoms with Gasteiger partial charge in [-0.05, 0) is 47.4 Å². The highest BCUT2D eigenvalue weighted by Gasteiger charge is 2.40. The number of nitrogens with zero attached hydrogens (tertiary/aromatic N) is 2. The van der Waals surface area contributed by atoms with Crippen molar-refractivity contribution in [1.29, 1.82) is 0 Å². The molecule has 0 radical (unpaired) electrons. The lowest BCUT2D eigenvalue weighted by molar-refractivity contribution is -0.137. The van der Waals surface area contributed by atoms with Gasteiger partial charge in [0.15, 0.2) is 0 Å². The quantitative estimate of drug-likeness (QED) is 0.113. The zero-order chi connectivity index (χ0) is 28.8. The molecule has 0 aliphatic rings. The van der Waals surface area contributed by atoms with Gasteiger partial charge in [-0.2, -0.15) is 5.10 Å². The van der Waals surface area contributed by atoms with Crippen LogP contribution in [0.3, 0.4) is 0 Å². The second-order valence-corrected chi connectivity index (χ2v) is 9.94. The zero-order valence-corrected chi connectivity index (χ0v) is 23.4. The van der Waals surface area contributed by atoms with Gasteiger partial charge in [0.2, 0.25) is 0 Å². The molecule has 0 aliphatic heterocycles. The second kappa shape index (κ2) is 12.0. The number of esters is 1. The van der Waals surface area contributed by atoms with Gasteiger partial charge in [0.25, 0.3) is 0 Å². The molecule has 0 atom stereocenters. The zero-order valence-electron chi connectivity index (χ0n) is 23.4. The Kier molecular flexibility index (Phi) is 7.64. The van der Waals surface area contributed by atoms with Crippen molar-refractivity contribution in [3.05, 3.63) is 174 Å². The Morgan fingerprint density at radius 2 is 1.29 bits per heavy atom. The molecule has 0 amide bonds. The topological polar surface area (TPSA) is 56.1 Å². The summed E-state index contributed by atoms with van der Waals surface area (Å²) in [7, 11) is 0. The van der Waals surface area contributed by atoms with Gasteiger partial charge in [-0.3, -0.25) is 0 Å². The fourth-order valence-corrected chi connectivity index (χ4v) is 5.53. The van der Waals surface area contributed by atoms with Crippen molar-refractivity contribution in [1.82, 2.24) is 9.78 Å². The lowest BCUT2D eigenvalue weighted by Crippen LogP contribution is -2.38. The Morgan fingerprint density at radius 1 is 0.762 bits per heavy atom. The highest BCUT2D eigenvalue weighted by atomic mass is 16.5. The van der Waals surface area contributed by atoms with Crippen molar-refractivity contribution >= 4 is 28.3 Å². The minimum atomic E-state index is -0.743. The maximum absolute atomic E-state index is 12.5. The molecule has 0 aliphatic carbocycles. The molecule has 1 heterocycles. The molecule has 206 valence electrons. The number of hydrogen-bond donors (Lipinski definition) is 1. The smallest absolute Gasteiger partial charge is 0.332 e. The van der Waals surface area contributed by atoms with Crippen LogP contribution in [0.5, 0.6) is 0 Å². The largest absolute Gasteiger partial charge is 0.463 e. The van der Waals surface area contributed by atoms with Crippen LogP contribution in [0.2, 0.25) is 0 Å². The van der Waals surface area contributed by atoms with Gasteiger partial charge in [-0.15, -0.1) is 0 Å². The normalized spacial score (nSPS) is 11.8. The van der Waals surface area contributed by atoms with Crippen LogP contribution in [-0.4, -0.2) is 22.4 Å². The van der Waals surface area contributed by atoms with Crippen LogP contribution < -0.4 is 5.32 Å². The molecule has 0 saturated heterocycles. The fourth-order valence-electron chi connectivity index (χ4n) is 5.53. The second-order valence-electron chi connectivity index (χ2n) is 9.94. The number of hydrogen-bond acceptors (Lipinski definition) is 4. The molecule has 1 N–H and O–H groups in total.